The quantitative estimate of drug-likeness (QED) is 0.600. The first-order valence-corrected chi connectivity index (χ1v) is 4.44. The van der Waals surface area contributed by atoms with Crippen molar-refractivity contribution in [2.75, 3.05) is 0 Å². The van der Waals surface area contributed by atoms with Gasteiger partial charge in [0.1, 0.15) is 5.82 Å². The summed E-state index contributed by atoms with van der Waals surface area (Å²) in [5.41, 5.74) is 0.346. The molecule has 0 saturated heterocycles. The maximum atomic E-state index is 12.6. The molecule has 0 nitrogen and oxygen atoms in total. The molecule has 0 aliphatic rings. The maximum absolute atomic E-state index is 12.6. The van der Waals surface area contributed by atoms with Crippen LogP contribution in [0.25, 0.3) is 0 Å². The molecular weight excluding hydrogens is 245 g/mol. The van der Waals surface area contributed by atoms with Crippen LogP contribution in [-0.4, -0.2) is 0 Å². The largest absolute Gasteiger partial charge is 0.216 e. The van der Waals surface area contributed by atoms with E-state index < -0.39 is 9.61 Å². The van der Waals surface area contributed by atoms with Gasteiger partial charge >= 0.3 is 0 Å². The molecule has 0 heterocycles. The number of rotatable bonds is 0. The highest BCUT2D eigenvalue weighted by atomic mass is 35.6. The fraction of sp³-hybridized carbons (Fsp3) is 0.143. The summed E-state index contributed by atoms with van der Waals surface area (Å²) in [5, 5.41) is -0.0566. The average molecular weight is 248 g/mol. The monoisotopic (exact) mass is 246 g/mol. The van der Waals surface area contributed by atoms with Gasteiger partial charge in [0.2, 0.25) is 3.79 Å². The Hall–Kier alpha value is 0.310. The highest BCUT2D eigenvalue weighted by molar-refractivity contribution is 6.66. The van der Waals surface area contributed by atoms with E-state index in [-0.39, 0.29) is 5.02 Å². The minimum absolute atomic E-state index is 0.0566. The molecule has 0 saturated carbocycles. The topological polar surface area (TPSA) is 0 Å². The van der Waals surface area contributed by atoms with Crippen LogP contribution in [0, 0.1) is 5.82 Å². The molecule has 0 atom stereocenters. The molecular formula is C7H3Cl4F. The molecule has 0 N–H and O–H groups in total. The van der Waals surface area contributed by atoms with Crippen LogP contribution in [0.1, 0.15) is 5.56 Å². The van der Waals surface area contributed by atoms with Crippen molar-refractivity contribution in [1.82, 2.24) is 0 Å². The predicted molar refractivity (Wildman–Crippen MR) is 50.6 cm³/mol. The van der Waals surface area contributed by atoms with Crippen molar-refractivity contribution >= 4 is 46.4 Å². The van der Waals surface area contributed by atoms with Crippen LogP contribution >= 0.6 is 46.4 Å². The van der Waals surface area contributed by atoms with Crippen molar-refractivity contribution in [3.63, 3.8) is 0 Å². The van der Waals surface area contributed by atoms with Gasteiger partial charge in [0.15, 0.2) is 0 Å². The van der Waals surface area contributed by atoms with Gasteiger partial charge in [-0.1, -0.05) is 52.5 Å². The molecule has 0 unspecified atom stereocenters. The van der Waals surface area contributed by atoms with Gasteiger partial charge in [0.25, 0.3) is 0 Å². The summed E-state index contributed by atoms with van der Waals surface area (Å²) in [6.07, 6.45) is 0. The Kier molecular flexibility index (Phi) is 3.11. The van der Waals surface area contributed by atoms with Gasteiger partial charge < -0.3 is 0 Å². The smallest absolute Gasteiger partial charge is 0.205 e. The third kappa shape index (κ3) is 2.40. The van der Waals surface area contributed by atoms with Crippen molar-refractivity contribution in [3.8, 4) is 0 Å². The van der Waals surface area contributed by atoms with Crippen LogP contribution in [0.5, 0.6) is 0 Å². The summed E-state index contributed by atoms with van der Waals surface area (Å²) in [7, 11) is 0. The third-order valence-electron chi connectivity index (χ3n) is 1.25. The van der Waals surface area contributed by atoms with Gasteiger partial charge in [-0.3, -0.25) is 0 Å². The van der Waals surface area contributed by atoms with Crippen LogP contribution < -0.4 is 0 Å². The zero-order chi connectivity index (χ0) is 9.35. The molecule has 0 bridgehead atoms. The standard InChI is InChI=1S/C7H3Cl4F/c8-5-3-4(7(9,10)11)1-2-6(5)12/h1-3H. The van der Waals surface area contributed by atoms with Gasteiger partial charge in [-0.2, -0.15) is 0 Å². The van der Waals surface area contributed by atoms with Gasteiger partial charge in [-0.05, 0) is 12.1 Å². The molecule has 0 aliphatic heterocycles. The molecule has 0 aliphatic carbocycles. The molecule has 0 spiro atoms. The maximum Gasteiger partial charge on any atom is 0.216 e. The van der Waals surface area contributed by atoms with E-state index in [2.05, 4.69) is 0 Å². The van der Waals surface area contributed by atoms with Crippen LogP contribution in [0.3, 0.4) is 0 Å². The Morgan fingerprint density at radius 2 is 1.75 bits per heavy atom. The highest BCUT2D eigenvalue weighted by Gasteiger charge is 2.23. The zero-order valence-corrected chi connectivity index (χ0v) is 8.65. The Morgan fingerprint density at radius 3 is 2.17 bits per heavy atom. The second-order valence-electron chi connectivity index (χ2n) is 2.13. The lowest BCUT2D eigenvalue weighted by Gasteiger charge is -2.10. The van der Waals surface area contributed by atoms with E-state index in [4.69, 9.17) is 46.4 Å². The predicted octanol–water partition coefficient (Wildman–Crippen LogP) is 4.31. The molecule has 12 heavy (non-hydrogen) atoms. The summed E-state index contributed by atoms with van der Waals surface area (Å²) in [6, 6.07) is 3.80. The summed E-state index contributed by atoms with van der Waals surface area (Å²) in [6.45, 7) is 0. The summed E-state index contributed by atoms with van der Waals surface area (Å²) < 4.78 is 11.1. The van der Waals surface area contributed by atoms with Gasteiger partial charge in [0, 0.05) is 5.56 Å². The fourth-order valence-electron chi connectivity index (χ4n) is 0.672. The normalized spacial score (nSPS) is 11.8. The SMILES string of the molecule is Fc1ccc(C(Cl)(Cl)Cl)cc1Cl. The number of hydrogen-bond acceptors (Lipinski definition) is 0. The summed E-state index contributed by atoms with van der Waals surface area (Å²) in [4.78, 5) is 0. The second kappa shape index (κ2) is 3.59. The lowest BCUT2D eigenvalue weighted by Crippen LogP contribution is -1.99. The lowest BCUT2D eigenvalue weighted by atomic mass is 10.2. The van der Waals surface area contributed by atoms with Crippen molar-refractivity contribution in [2.45, 2.75) is 3.79 Å². The Labute approximate surface area is 89.2 Å². The molecule has 0 fully saturated rings. The van der Waals surface area contributed by atoms with E-state index in [1.54, 1.807) is 0 Å². The van der Waals surface area contributed by atoms with E-state index in [1.165, 1.54) is 12.1 Å². The molecule has 1 aromatic carbocycles. The Balaban J connectivity index is 3.14. The molecule has 0 aromatic heterocycles. The second-order valence-corrected chi connectivity index (χ2v) is 4.82. The van der Waals surface area contributed by atoms with Crippen molar-refractivity contribution in [1.29, 1.82) is 0 Å². The van der Waals surface area contributed by atoms with Crippen LogP contribution in [-0.2, 0) is 3.79 Å². The molecule has 5 heteroatoms. The van der Waals surface area contributed by atoms with Crippen molar-refractivity contribution < 1.29 is 4.39 Å². The fourth-order valence-corrected chi connectivity index (χ4v) is 1.21. The first-order valence-electron chi connectivity index (χ1n) is 2.93. The van der Waals surface area contributed by atoms with Crippen molar-refractivity contribution in [2.24, 2.45) is 0 Å². The van der Waals surface area contributed by atoms with Crippen molar-refractivity contribution in [3.05, 3.63) is 34.6 Å². The van der Waals surface area contributed by atoms with E-state index in [1.807, 2.05) is 0 Å². The number of alkyl halides is 3. The summed E-state index contributed by atoms with van der Waals surface area (Å²) in [5.74, 6) is -0.533. The number of benzene rings is 1. The number of halogens is 5. The van der Waals surface area contributed by atoms with Gasteiger partial charge in [-0.15, -0.1) is 0 Å². The van der Waals surface area contributed by atoms with Gasteiger partial charge in [0.05, 0.1) is 5.02 Å². The van der Waals surface area contributed by atoms with Crippen LogP contribution in [0.2, 0.25) is 5.02 Å². The minimum Gasteiger partial charge on any atom is -0.205 e. The molecule has 0 radical (unpaired) electrons. The first kappa shape index (κ1) is 10.4. The Bertz CT molecular complexity index is 292. The molecule has 1 rings (SSSR count). The number of hydrogen-bond donors (Lipinski definition) is 0. The van der Waals surface area contributed by atoms with E-state index in [0.29, 0.717) is 5.56 Å². The highest BCUT2D eigenvalue weighted by Crippen LogP contribution is 2.39. The van der Waals surface area contributed by atoms with E-state index in [0.717, 1.165) is 6.07 Å². The third-order valence-corrected chi connectivity index (χ3v) is 2.19. The van der Waals surface area contributed by atoms with Crippen LogP contribution in [0.4, 0.5) is 4.39 Å². The van der Waals surface area contributed by atoms with Crippen LogP contribution in [0.15, 0.2) is 18.2 Å². The first-order chi connectivity index (χ1) is 5.41. The zero-order valence-electron chi connectivity index (χ0n) is 5.62. The Morgan fingerprint density at radius 1 is 1.17 bits per heavy atom. The minimum atomic E-state index is -1.56. The lowest BCUT2D eigenvalue weighted by molar-refractivity contribution is 0.627. The summed E-state index contributed by atoms with van der Waals surface area (Å²) >= 11 is 22.1. The van der Waals surface area contributed by atoms with E-state index >= 15 is 0 Å². The van der Waals surface area contributed by atoms with Gasteiger partial charge in [-0.25, -0.2) is 4.39 Å². The molecule has 66 valence electrons. The average Bonchev–Trinajstić information content (AvgIpc) is 1.92. The molecule has 0 amide bonds. The molecule has 1 aromatic rings. The van der Waals surface area contributed by atoms with E-state index in [9.17, 15) is 4.39 Å².